The van der Waals surface area contributed by atoms with E-state index in [4.69, 9.17) is 0 Å². The molecule has 0 radical (unpaired) electrons. The number of nitrogens with one attached hydrogen (secondary N) is 1. The van der Waals surface area contributed by atoms with Gasteiger partial charge in [0.15, 0.2) is 5.16 Å². The smallest absolute Gasteiger partial charge is 0.272 e. The number of hydrogen-bond donors (Lipinski definition) is 1. The van der Waals surface area contributed by atoms with Crippen molar-refractivity contribution in [1.82, 2.24) is 9.55 Å². The Kier molecular flexibility index (Phi) is 6.25. The van der Waals surface area contributed by atoms with Crippen molar-refractivity contribution in [1.29, 1.82) is 0 Å². The van der Waals surface area contributed by atoms with Gasteiger partial charge in [0.1, 0.15) is 4.70 Å². The van der Waals surface area contributed by atoms with Gasteiger partial charge in [-0.15, -0.1) is 11.3 Å². The summed E-state index contributed by atoms with van der Waals surface area (Å²) in [4.78, 5) is 30.4. The highest BCUT2D eigenvalue weighted by Gasteiger charge is 2.15. The number of thioether (sulfide) groups is 1. The zero-order chi connectivity index (χ0) is 22.0. The fourth-order valence-electron chi connectivity index (χ4n) is 3.29. The predicted molar refractivity (Wildman–Crippen MR) is 129 cm³/mol. The Morgan fingerprint density at radius 2 is 1.87 bits per heavy atom. The summed E-state index contributed by atoms with van der Waals surface area (Å²) in [6, 6.07) is 15.7. The lowest BCUT2D eigenvalue weighted by molar-refractivity contribution is -0.113. The number of carbonyl (C=O) groups is 1. The van der Waals surface area contributed by atoms with Gasteiger partial charge >= 0.3 is 0 Å². The predicted octanol–water partition coefficient (Wildman–Crippen LogP) is 5.16. The molecule has 0 aliphatic heterocycles. The highest BCUT2D eigenvalue weighted by Crippen LogP contribution is 2.23. The number of aromatic nitrogens is 2. The van der Waals surface area contributed by atoms with Gasteiger partial charge in [-0.3, -0.25) is 14.2 Å². The van der Waals surface area contributed by atoms with Crippen molar-refractivity contribution in [2.75, 3.05) is 11.1 Å². The van der Waals surface area contributed by atoms with Gasteiger partial charge in [0, 0.05) is 5.69 Å². The Hall–Kier alpha value is -2.90. The van der Waals surface area contributed by atoms with E-state index in [1.807, 2.05) is 48.7 Å². The van der Waals surface area contributed by atoms with Gasteiger partial charge < -0.3 is 5.32 Å². The van der Waals surface area contributed by atoms with E-state index in [0.717, 1.165) is 16.8 Å². The van der Waals surface area contributed by atoms with Crippen LogP contribution in [0.2, 0.25) is 0 Å². The third kappa shape index (κ3) is 4.73. The van der Waals surface area contributed by atoms with Gasteiger partial charge in [-0.2, -0.15) is 0 Å². The Balaban J connectivity index is 1.61. The average molecular weight is 450 g/mol. The summed E-state index contributed by atoms with van der Waals surface area (Å²) in [6.45, 7) is 6.51. The van der Waals surface area contributed by atoms with Crippen LogP contribution in [0.4, 0.5) is 5.69 Å². The average Bonchev–Trinajstić information content (AvgIpc) is 3.22. The zero-order valence-electron chi connectivity index (χ0n) is 17.6. The lowest BCUT2D eigenvalue weighted by Crippen LogP contribution is -2.24. The van der Waals surface area contributed by atoms with Crippen LogP contribution >= 0.6 is 23.1 Å². The number of thiophene rings is 1. The minimum atomic E-state index is -0.128. The molecule has 0 saturated carbocycles. The van der Waals surface area contributed by atoms with Gasteiger partial charge in [0.2, 0.25) is 5.91 Å². The first kappa shape index (κ1) is 21.3. The van der Waals surface area contributed by atoms with E-state index >= 15 is 0 Å². The summed E-state index contributed by atoms with van der Waals surface area (Å²) in [6.07, 6.45) is 0. The fraction of sp³-hybridized carbons (Fsp3) is 0.208. The van der Waals surface area contributed by atoms with Crippen molar-refractivity contribution >= 4 is 44.9 Å². The van der Waals surface area contributed by atoms with Crippen LogP contribution in [0.25, 0.3) is 10.2 Å². The number of hydrogen-bond acceptors (Lipinski definition) is 5. The summed E-state index contributed by atoms with van der Waals surface area (Å²) in [5.41, 5.74) is 5.84. The van der Waals surface area contributed by atoms with Crippen molar-refractivity contribution in [2.45, 2.75) is 32.5 Å². The maximum Gasteiger partial charge on any atom is 0.272 e. The van der Waals surface area contributed by atoms with E-state index < -0.39 is 0 Å². The maximum atomic E-state index is 13.2. The number of fused-ring (bicyclic) bond motifs is 1. The monoisotopic (exact) mass is 449 g/mol. The molecular weight excluding hydrogens is 426 g/mol. The number of benzene rings is 2. The quantitative estimate of drug-likeness (QED) is 0.326. The van der Waals surface area contributed by atoms with Gasteiger partial charge in [-0.1, -0.05) is 48.2 Å². The maximum absolute atomic E-state index is 13.2. The largest absolute Gasteiger partial charge is 0.325 e. The van der Waals surface area contributed by atoms with Gasteiger partial charge in [0.05, 0.1) is 17.8 Å². The standard InChI is InChI=1S/C24H23N3O2S2/c1-15-8-9-18(12-17(15)3)13-27-23(29)22-20(10-11-30-22)26-24(27)31-14-21(28)25-19-7-5-4-6-16(19)2/h4-12H,13-14H2,1-3H3,(H,25,28). The molecule has 4 rings (SSSR count). The molecule has 31 heavy (non-hydrogen) atoms. The molecule has 4 aromatic rings. The first-order valence-electron chi connectivity index (χ1n) is 9.95. The number of nitrogens with zero attached hydrogens (tertiary/aromatic N) is 2. The molecule has 2 aromatic heterocycles. The highest BCUT2D eigenvalue weighted by molar-refractivity contribution is 7.99. The zero-order valence-corrected chi connectivity index (χ0v) is 19.3. The second-order valence-corrected chi connectivity index (χ2v) is 9.35. The van der Waals surface area contributed by atoms with Crippen molar-refractivity contribution in [2.24, 2.45) is 0 Å². The number of rotatable bonds is 6. The van der Waals surface area contributed by atoms with Crippen LogP contribution in [-0.2, 0) is 11.3 Å². The molecule has 7 heteroatoms. The van der Waals surface area contributed by atoms with Crippen LogP contribution in [0.3, 0.4) is 0 Å². The fourth-order valence-corrected chi connectivity index (χ4v) is 4.86. The van der Waals surface area contributed by atoms with Gasteiger partial charge in [-0.25, -0.2) is 4.98 Å². The second-order valence-electron chi connectivity index (χ2n) is 7.49. The first-order valence-corrected chi connectivity index (χ1v) is 11.8. The Morgan fingerprint density at radius 1 is 1.06 bits per heavy atom. The van der Waals surface area contributed by atoms with Crippen LogP contribution in [0.15, 0.2) is 63.9 Å². The summed E-state index contributed by atoms with van der Waals surface area (Å²) >= 11 is 2.68. The number of aryl methyl sites for hydroxylation is 3. The van der Waals surface area contributed by atoms with Crippen LogP contribution in [0, 0.1) is 20.8 Å². The number of amides is 1. The Labute approximate surface area is 189 Å². The van der Waals surface area contributed by atoms with Crippen LogP contribution in [0.5, 0.6) is 0 Å². The van der Waals surface area contributed by atoms with Gasteiger partial charge in [-0.05, 0) is 60.5 Å². The minimum absolute atomic E-state index is 0.0694. The van der Waals surface area contributed by atoms with Gasteiger partial charge in [0.25, 0.3) is 5.56 Å². The minimum Gasteiger partial charge on any atom is -0.325 e. The lowest BCUT2D eigenvalue weighted by atomic mass is 10.1. The van der Waals surface area contributed by atoms with Crippen molar-refractivity contribution in [3.8, 4) is 0 Å². The van der Waals surface area contributed by atoms with E-state index in [2.05, 4.69) is 36.3 Å². The normalized spacial score (nSPS) is 11.1. The Morgan fingerprint density at radius 3 is 2.65 bits per heavy atom. The van der Waals surface area contributed by atoms with E-state index in [-0.39, 0.29) is 17.2 Å². The first-order chi connectivity index (χ1) is 14.9. The number of carbonyl (C=O) groups excluding carboxylic acids is 1. The molecule has 0 aliphatic carbocycles. The van der Waals surface area contributed by atoms with E-state index in [1.165, 1.54) is 34.2 Å². The third-order valence-corrected chi connectivity index (χ3v) is 7.06. The molecule has 0 bridgehead atoms. The van der Waals surface area contributed by atoms with E-state index in [0.29, 0.717) is 21.9 Å². The van der Waals surface area contributed by atoms with Crippen molar-refractivity contribution < 1.29 is 4.79 Å². The molecular formula is C24H23N3O2S2. The molecule has 1 amide bonds. The topological polar surface area (TPSA) is 64.0 Å². The van der Waals surface area contributed by atoms with Crippen LogP contribution in [0.1, 0.15) is 22.3 Å². The molecule has 2 heterocycles. The Bertz CT molecular complexity index is 1320. The van der Waals surface area contributed by atoms with Crippen LogP contribution < -0.4 is 10.9 Å². The lowest BCUT2D eigenvalue weighted by Gasteiger charge is -2.13. The molecule has 0 unspecified atom stereocenters. The van der Waals surface area contributed by atoms with E-state index in [1.54, 1.807) is 4.57 Å². The molecule has 0 fully saturated rings. The third-order valence-electron chi connectivity index (χ3n) is 5.19. The highest BCUT2D eigenvalue weighted by atomic mass is 32.2. The molecule has 0 atom stereocenters. The van der Waals surface area contributed by atoms with Crippen molar-refractivity contribution in [3.05, 3.63) is 86.5 Å². The molecule has 158 valence electrons. The SMILES string of the molecule is Cc1ccc(Cn2c(SCC(=O)Nc3ccccc3C)nc3ccsc3c2=O)cc1C. The number of anilines is 1. The summed E-state index contributed by atoms with van der Waals surface area (Å²) in [5.74, 6) is 0.0419. The summed E-state index contributed by atoms with van der Waals surface area (Å²) in [5, 5.41) is 5.36. The van der Waals surface area contributed by atoms with Crippen LogP contribution in [-0.4, -0.2) is 21.2 Å². The second kappa shape index (κ2) is 9.08. The summed E-state index contributed by atoms with van der Waals surface area (Å²) < 4.78 is 2.31. The van der Waals surface area contributed by atoms with Crippen molar-refractivity contribution in [3.63, 3.8) is 0 Å². The number of para-hydroxylation sites is 1. The van der Waals surface area contributed by atoms with E-state index in [9.17, 15) is 9.59 Å². The summed E-state index contributed by atoms with van der Waals surface area (Å²) in [7, 11) is 0. The molecule has 5 nitrogen and oxygen atoms in total. The molecule has 0 aliphatic rings. The molecule has 0 saturated heterocycles. The molecule has 0 spiro atoms. The molecule has 1 N–H and O–H groups in total. The molecule has 2 aromatic carbocycles.